The lowest BCUT2D eigenvalue weighted by atomic mass is 10.5. The molecule has 0 saturated carbocycles. The van der Waals surface area contributed by atoms with E-state index in [4.69, 9.17) is 9.47 Å². The van der Waals surface area contributed by atoms with E-state index in [0.717, 1.165) is 13.2 Å². The summed E-state index contributed by atoms with van der Waals surface area (Å²) >= 11 is 3.80. The highest BCUT2D eigenvalue weighted by Gasteiger charge is 2.34. The van der Waals surface area contributed by atoms with Gasteiger partial charge in [-0.25, -0.2) is 0 Å². The molecule has 0 bridgehead atoms. The second kappa shape index (κ2) is 6.26. The summed E-state index contributed by atoms with van der Waals surface area (Å²) in [5.74, 6) is 0. The Morgan fingerprint density at radius 2 is 1.21 bits per heavy atom. The molecule has 0 aromatic heterocycles. The minimum absolute atomic E-state index is 0.330. The molecular formula is C10H20O2S2. The maximum absolute atomic E-state index is 5.68. The van der Waals surface area contributed by atoms with Crippen LogP contribution in [0.5, 0.6) is 0 Å². The van der Waals surface area contributed by atoms with Gasteiger partial charge < -0.3 is 9.47 Å². The minimum Gasteiger partial charge on any atom is -0.367 e. The first-order valence-corrected chi connectivity index (χ1v) is 7.11. The van der Waals surface area contributed by atoms with Crippen LogP contribution >= 0.6 is 23.5 Å². The Bertz CT molecular complexity index is 148. The molecule has 1 rings (SSSR count). The molecule has 0 spiro atoms. The third-order valence-corrected chi connectivity index (χ3v) is 5.45. The number of ether oxygens (including phenoxy) is 2. The van der Waals surface area contributed by atoms with E-state index < -0.39 is 0 Å². The normalized spacial score (nSPS) is 38.6. The fraction of sp³-hybridized carbons (Fsp3) is 1.00. The van der Waals surface area contributed by atoms with Gasteiger partial charge in [0, 0.05) is 23.7 Å². The Morgan fingerprint density at radius 3 is 1.50 bits per heavy atom. The van der Waals surface area contributed by atoms with Crippen LogP contribution in [0.4, 0.5) is 0 Å². The van der Waals surface area contributed by atoms with Gasteiger partial charge in [-0.05, 0) is 27.7 Å². The van der Waals surface area contributed by atoms with Crippen molar-refractivity contribution < 1.29 is 9.47 Å². The number of hydrogen-bond acceptors (Lipinski definition) is 4. The van der Waals surface area contributed by atoms with Crippen LogP contribution in [-0.4, -0.2) is 34.6 Å². The van der Waals surface area contributed by atoms with Crippen molar-refractivity contribution >= 4 is 23.5 Å². The van der Waals surface area contributed by atoms with E-state index in [2.05, 4.69) is 27.7 Å². The zero-order valence-electron chi connectivity index (χ0n) is 9.36. The van der Waals surface area contributed by atoms with Crippen LogP contribution in [0.1, 0.15) is 27.7 Å². The monoisotopic (exact) mass is 236 g/mol. The van der Waals surface area contributed by atoms with Gasteiger partial charge in [-0.15, -0.1) is 23.5 Å². The van der Waals surface area contributed by atoms with E-state index in [0.29, 0.717) is 21.4 Å². The van der Waals surface area contributed by atoms with Gasteiger partial charge in [0.25, 0.3) is 0 Å². The molecule has 0 aromatic carbocycles. The highest BCUT2D eigenvalue weighted by atomic mass is 32.2. The lowest BCUT2D eigenvalue weighted by molar-refractivity contribution is 0.104. The molecule has 2 nitrogen and oxygen atoms in total. The molecule has 1 heterocycles. The lowest BCUT2D eigenvalue weighted by Gasteiger charge is -2.37. The van der Waals surface area contributed by atoms with Crippen LogP contribution in [0.3, 0.4) is 0 Å². The number of thioether (sulfide) groups is 2. The molecule has 4 unspecified atom stereocenters. The van der Waals surface area contributed by atoms with Crippen LogP contribution in [0.2, 0.25) is 0 Å². The summed E-state index contributed by atoms with van der Waals surface area (Å²) < 4.78 is 11.4. The maximum Gasteiger partial charge on any atom is 0.115 e. The molecule has 0 aliphatic carbocycles. The van der Waals surface area contributed by atoms with E-state index in [1.54, 1.807) is 0 Å². The molecule has 0 radical (unpaired) electrons. The van der Waals surface area contributed by atoms with Gasteiger partial charge in [0.05, 0.1) is 0 Å². The van der Waals surface area contributed by atoms with Crippen molar-refractivity contribution in [3.8, 4) is 0 Å². The summed E-state index contributed by atoms with van der Waals surface area (Å²) in [6, 6.07) is 0. The standard InChI is InChI=1S/C10H20O2S2/c1-5-11-9-7(3)14-10(12-6-2)8(4)13-9/h7-10H,5-6H2,1-4H3. The summed E-state index contributed by atoms with van der Waals surface area (Å²) in [5.41, 5.74) is 0.661. The van der Waals surface area contributed by atoms with Crippen molar-refractivity contribution in [2.45, 2.75) is 49.1 Å². The predicted octanol–water partition coefficient (Wildman–Crippen LogP) is 2.97. The first-order chi connectivity index (χ1) is 6.69. The SMILES string of the molecule is CCOC1SC(C)C(OCC)SC1C. The van der Waals surface area contributed by atoms with Crippen LogP contribution in [0.25, 0.3) is 0 Å². The molecule has 1 saturated heterocycles. The highest BCUT2D eigenvalue weighted by Crippen LogP contribution is 2.41. The first kappa shape index (κ1) is 12.7. The van der Waals surface area contributed by atoms with Crippen molar-refractivity contribution in [3.63, 3.8) is 0 Å². The van der Waals surface area contributed by atoms with Crippen molar-refractivity contribution in [2.24, 2.45) is 0 Å². The molecule has 0 amide bonds. The molecule has 1 fully saturated rings. The second-order valence-electron chi connectivity index (χ2n) is 3.33. The zero-order chi connectivity index (χ0) is 10.6. The Labute approximate surface area is 95.5 Å². The smallest absolute Gasteiger partial charge is 0.115 e. The summed E-state index contributed by atoms with van der Waals surface area (Å²) in [6.07, 6.45) is 0. The third kappa shape index (κ3) is 3.33. The highest BCUT2D eigenvalue weighted by molar-refractivity contribution is 8.07. The third-order valence-electron chi connectivity index (χ3n) is 2.13. The van der Waals surface area contributed by atoms with E-state index in [-0.39, 0.29) is 0 Å². The molecule has 84 valence electrons. The maximum atomic E-state index is 5.68. The summed E-state index contributed by atoms with van der Waals surface area (Å²) in [5, 5.41) is 1.04. The van der Waals surface area contributed by atoms with E-state index in [1.807, 2.05) is 23.5 Å². The summed E-state index contributed by atoms with van der Waals surface area (Å²) in [4.78, 5) is 0. The number of hydrogen-bond donors (Lipinski definition) is 0. The van der Waals surface area contributed by atoms with Crippen LogP contribution < -0.4 is 0 Å². The predicted molar refractivity (Wildman–Crippen MR) is 64.9 cm³/mol. The molecule has 4 atom stereocenters. The fourth-order valence-corrected chi connectivity index (χ4v) is 4.35. The summed E-state index contributed by atoms with van der Waals surface area (Å²) in [6.45, 7) is 10.1. The molecule has 1 aliphatic heterocycles. The zero-order valence-corrected chi connectivity index (χ0v) is 11.0. The van der Waals surface area contributed by atoms with Crippen LogP contribution in [0, 0.1) is 0 Å². The average molecular weight is 236 g/mol. The van der Waals surface area contributed by atoms with Crippen molar-refractivity contribution in [1.29, 1.82) is 0 Å². The Balaban J connectivity index is 2.44. The van der Waals surface area contributed by atoms with E-state index >= 15 is 0 Å². The Hall–Kier alpha value is 0.620. The van der Waals surface area contributed by atoms with E-state index in [9.17, 15) is 0 Å². The second-order valence-corrected chi connectivity index (χ2v) is 6.29. The quantitative estimate of drug-likeness (QED) is 0.746. The average Bonchev–Trinajstić information content (AvgIpc) is 2.14. The molecule has 1 aliphatic rings. The minimum atomic E-state index is 0.330. The van der Waals surface area contributed by atoms with Gasteiger partial charge in [-0.2, -0.15) is 0 Å². The van der Waals surface area contributed by atoms with Crippen LogP contribution in [0.15, 0.2) is 0 Å². The van der Waals surface area contributed by atoms with Crippen molar-refractivity contribution in [3.05, 3.63) is 0 Å². The van der Waals surface area contributed by atoms with Crippen molar-refractivity contribution in [2.75, 3.05) is 13.2 Å². The van der Waals surface area contributed by atoms with Gasteiger partial charge in [0.2, 0.25) is 0 Å². The van der Waals surface area contributed by atoms with Gasteiger partial charge in [-0.3, -0.25) is 0 Å². The van der Waals surface area contributed by atoms with Gasteiger partial charge in [0.1, 0.15) is 10.9 Å². The first-order valence-electron chi connectivity index (χ1n) is 5.23. The largest absolute Gasteiger partial charge is 0.367 e. The van der Waals surface area contributed by atoms with Gasteiger partial charge in [0.15, 0.2) is 0 Å². The molecule has 0 N–H and O–H groups in total. The number of rotatable bonds is 4. The lowest BCUT2D eigenvalue weighted by Crippen LogP contribution is -2.36. The van der Waals surface area contributed by atoms with E-state index in [1.165, 1.54) is 0 Å². The van der Waals surface area contributed by atoms with Gasteiger partial charge in [-0.1, -0.05) is 0 Å². The molecule has 4 heteroatoms. The topological polar surface area (TPSA) is 18.5 Å². The molecule has 14 heavy (non-hydrogen) atoms. The fourth-order valence-electron chi connectivity index (χ4n) is 1.45. The van der Waals surface area contributed by atoms with Gasteiger partial charge >= 0.3 is 0 Å². The Morgan fingerprint density at radius 1 is 0.857 bits per heavy atom. The van der Waals surface area contributed by atoms with Crippen molar-refractivity contribution in [1.82, 2.24) is 0 Å². The Kier molecular flexibility index (Phi) is 5.67. The van der Waals surface area contributed by atoms with Crippen LogP contribution in [-0.2, 0) is 9.47 Å². The summed E-state index contributed by atoms with van der Waals surface area (Å²) in [7, 11) is 0. The molecular weight excluding hydrogens is 216 g/mol. The molecule has 0 aromatic rings.